The van der Waals surface area contributed by atoms with E-state index in [9.17, 15) is 4.79 Å². The van der Waals surface area contributed by atoms with E-state index in [4.69, 9.17) is 5.11 Å². The highest BCUT2D eigenvalue weighted by Gasteiger charge is 2.04. The molecule has 0 saturated heterocycles. The summed E-state index contributed by atoms with van der Waals surface area (Å²) in [6.45, 7) is 4.01. The summed E-state index contributed by atoms with van der Waals surface area (Å²) in [4.78, 5) is 10.7. The first-order valence-corrected chi connectivity index (χ1v) is 6.10. The SMILES string of the molecule is CC=C(CCCCCCCCC)C(=O)O. The summed E-state index contributed by atoms with van der Waals surface area (Å²) < 4.78 is 0. The van der Waals surface area contributed by atoms with E-state index in [1.54, 1.807) is 13.0 Å². The maximum Gasteiger partial charge on any atom is 0.331 e. The van der Waals surface area contributed by atoms with Gasteiger partial charge in [-0.05, 0) is 19.8 Å². The van der Waals surface area contributed by atoms with Crippen LogP contribution in [-0.2, 0) is 4.79 Å². The Morgan fingerprint density at radius 1 is 1.07 bits per heavy atom. The van der Waals surface area contributed by atoms with Crippen LogP contribution in [0.3, 0.4) is 0 Å². The van der Waals surface area contributed by atoms with Crippen LogP contribution in [0.25, 0.3) is 0 Å². The van der Waals surface area contributed by atoms with Crippen LogP contribution in [0.5, 0.6) is 0 Å². The van der Waals surface area contributed by atoms with Crippen LogP contribution in [0.4, 0.5) is 0 Å². The number of carboxylic acid groups (broad SMARTS) is 1. The lowest BCUT2D eigenvalue weighted by Gasteiger charge is -2.02. The van der Waals surface area contributed by atoms with Crippen molar-refractivity contribution in [2.75, 3.05) is 0 Å². The first-order valence-electron chi connectivity index (χ1n) is 6.10. The molecule has 2 heteroatoms. The van der Waals surface area contributed by atoms with E-state index < -0.39 is 5.97 Å². The van der Waals surface area contributed by atoms with Crippen LogP contribution < -0.4 is 0 Å². The van der Waals surface area contributed by atoms with Crippen LogP contribution in [0, 0.1) is 0 Å². The molecule has 0 aliphatic carbocycles. The summed E-state index contributed by atoms with van der Waals surface area (Å²) in [5.41, 5.74) is 0.559. The summed E-state index contributed by atoms with van der Waals surface area (Å²) in [6.07, 6.45) is 11.1. The molecule has 0 spiro atoms. The number of carbonyl (C=O) groups is 1. The standard InChI is InChI=1S/C13H24O2/c1-3-5-6-7-8-9-10-11-12(4-2)13(14)15/h4H,3,5-11H2,1-2H3,(H,14,15). The molecule has 0 fully saturated rings. The Labute approximate surface area is 93.4 Å². The summed E-state index contributed by atoms with van der Waals surface area (Å²) in [5, 5.41) is 8.78. The quantitative estimate of drug-likeness (QED) is 0.460. The van der Waals surface area contributed by atoms with Gasteiger partial charge >= 0.3 is 5.97 Å². The van der Waals surface area contributed by atoms with Gasteiger partial charge in [-0.3, -0.25) is 0 Å². The number of unbranched alkanes of at least 4 members (excludes halogenated alkanes) is 6. The van der Waals surface area contributed by atoms with Gasteiger partial charge in [-0.15, -0.1) is 0 Å². The van der Waals surface area contributed by atoms with Crippen molar-refractivity contribution in [3.05, 3.63) is 11.6 Å². The summed E-state index contributed by atoms with van der Waals surface area (Å²) in [5.74, 6) is -0.761. The monoisotopic (exact) mass is 212 g/mol. The van der Waals surface area contributed by atoms with Crippen molar-refractivity contribution in [1.29, 1.82) is 0 Å². The van der Waals surface area contributed by atoms with Crippen molar-refractivity contribution in [3.8, 4) is 0 Å². The number of aliphatic carboxylic acids is 1. The van der Waals surface area contributed by atoms with E-state index in [-0.39, 0.29) is 0 Å². The third-order valence-electron chi connectivity index (χ3n) is 2.67. The van der Waals surface area contributed by atoms with Crippen LogP contribution in [-0.4, -0.2) is 11.1 Å². The van der Waals surface area contributed by atoms with Gasteiger partial charge in [0.25, 0.3) is 0 Å². The number of rotatable bonds is 9. The Bertz CT molecular complexity index is 195. The van der Waals surface area contributed by atoms with Gasteiger partial charge < -0.3 is 5.11 Å². The van der Waals surface area contributed by atoms with E-state index in [1.807, 2.05) is 0 Å². The highest BCUT2D eigenvalue weighted by Crippen LogP contribution is 2.12. The zero-order chi connectivity index (χ0) is 11.5. The van der Waals surface area contributed by atoms with Gasteiger partial charge in [-0.2, -0.15) is 0 Å². The van der Waals surface area contributed by atoms with Crippen LogP contribution in [0.15, 0.2) is 11.6 Å². The second kappa shape index (κ2) is 9.75. The summed E-state index contributed by atoms with van der Waals surface area (Å²) in [7, 11) is 0. The lowest BCUT2D eigenvalue weighted by atomic mass is 10.0. The molecule has 15 heavy (non-hydrogen) atoms. The highest BCUT2D eigenvalue weighted by molar-refractivity contribution is 5.86. The topological polar surface area (TPSA) is 37.3 Å². The first-order chi connectivity index (χ1) is 7.22. The molecule has 0 radical (unpaired) electrons. The predicted molar refractivity (Wildman–Crippen MR) is 64.0 cm³/mol. The maximum atomic E-state index is 10.7. The molecule has 0 amide bonds. The molecule has 0 aromatic rings. The number of hydrogen-bond acceptors (Lipinski definition) is 1. The fourth-order valence-corrected chi connectivity index (χ4v) is 1.65. The van der Waals surface area contributed by atoms with Crippen molar-refractivity contribution in [2.24, 2.45) is 0 Å². The molecule has 0 rings (SSSR count). The van der Waals surface area contributed by atoms with Crippen LogP contribution >= 0.6 is 0 Å². The molecule has 0 heterocycles. The third-order valence-corrected chi connectivity index (χ3v) is 2.67. The fraction of sp³-hybridized carbons (Fsp3) is 0.769. The van der Waals surface area contributed by atoms with Gasteiger partial charge in [-0.25, -0.2) is 4.79 Å². The molecule has 0 aromatic carbocycles. The van der Waals surface area contributed by atoms with E-state index in [0.29, 0.717) is 5.57 Å². The predicted octanol–water partition coefficient (Wildman–Crippen LogP) is 4.16. The normalized spacial score (nSPS) is 11.7. The van der Waals surface area contributed by atoms with Crippen molar-refractivity contribution >= 4 is 5.97 Å². The second-order valence-corrected chi connectivity index (χ2v) is 3.99. The van der Waals surface area contributed by atoms with Gasteiger partial charge in [0.15, 0.2) is 0 Å². The number of allylic oxidation sites excluding steroid dienone is 1. The van der Waals surface area contributed by atoms with E-state index >= 15 is 0 Å². The molecule has 88 valence electrons. The molecule has 0 aliphatic heterocycles. The minimum atomic E-state index is -0.761. The minimum Gasteiger partial charge on any atom is -0.478 e. The van der Waals surface area contributed by atoms with Gasteiger partial charge in [0.1, 0.15) is 0 Å². The second-order valence-electron chi connectivity index (χ2n) is 3.99. The molecule has 0 atom stereocenters. The van der Waals surface area contributed by atoms with Crippen molar-refractivity contribution in [3.63, 3.8) is 0 Å². The Hall–Kier alpha value is -0.790. The number of hydrogen-bond donors (Lipinski definition) is 1. The Morgan fingerprint density at radius 2 is 1.60 bits per heavy atom. The lowest BCUT2D eigenvalue weighted by molar-refractivity contribution is -0.132. The Morgan fingerprint density at radius 3 is 2.07 bits per heavy atom. The van der Waals surface area contributed by atoms with E-state index in [1.165, 1.54) is 32.1 Å². The molecule has 0 unspecified atom stereocenters. The zero-order valence-electron chi connectivity index (χ0n) is 10.1. The van der Waals surface area contributed by atoms with E-state index in [2.05, 4.69) is 6.92 Å². The van der Waals surface area contributed by atoms with Gasteiger partial charge in [0, 0.05) is 5.57 Å². The summed E-state index contributed by atoms with van der Waals surface area (Å²) >= 11 is 0. The van der Waals surface area contributed by atoms with Gasteiger partial charge in [-0.1, -0.05) is 51.5 Å². The first kappa shape index (κ1) is 14.2. The molecule has 2 nitrogen and oxygen atoms in total. The van der Waals surface area contributed by atoms with Crippen LogP contribution in [0.1, 0.15) is 65.2 Å². The Balaban J connectivity index is 3.34. The molecule has 1 N–H and O–H groups in total. The van der Waals surface area contributed by atoms with Crippen molar-refractivity contribution in [2.45, 2.75) is 65.2 Å². The smallest absolute Gasteiger partial charge is 0.331 e. The summed E-state index contributed by atoms with van der Waals surface area (Å²) in [6, 6.07) is 0. The van der Waals surface area contributed by atoms with Crippen molar-refractivity contribution < 1.29 is 9.90 Å². The number of carboxylic acids is 1. The zero-order valence-corrected chi connectivity index (χ0v) is 10.1. The molecule has 0 bridgehead atoms. The lowest BCUT2D eigenvalue weighted by Crippen LogP contribution is -1.99. The molecular formula is C13H24O2. The minimum absolute atomic E-state index is 0.559. The Kier molecular flexibility index (Phi) is 9.24. The molecule has 0 aliphatic rings. The molecule has 0 aromatic heterocycles. The average Bonchev–Trinajstić information content (AvgIpc) is 2.21. The van der Waals surface area contributed by atoms with Crippen LogP contribution in [0.2, 0.25) is 0 Å². The third kappa shape index (κ3) is 8.22. The fourth-order valence-electron chi connectivity index (χ4n) is 1.65. The highest BCUT2D eigenvalue weighted by atomic mass is 16.4. The molecule has 0 saturated carbocycles. The maximum absolute atomic E-state index is 10.7. The average molecular weight is 212 g/mol. The van der Waals surface area contributed by atoms with Gasteiger partial charge in [0.2, 0.25) is 0 Å². The van der Waals surface area contributed by atoms with E-state index in [0.717, 1.165) is 19.3 Å². The van der Waals surface area contributed by atoms with Crippen molar-refractivity contribution in [1.82, 2.24) is 0 Å². The molecular weight excluding hydrogens is 188 g/mol. The van der Waals surface area contributed by atoms with Gasteiger partial charge in [0.05, 0.1) is 0 Å². The largest absolute Gasteiger partial charge is 0.478 e.